The summed E-state index contributed by atoms with van der Waals surface area (Å²) in [5.74, 6) is 0.892. The van der Waals surface area contributed by atoms with E-state index < -0.39 is 12.8 Å². The van der Waals surface area contributed by atoms with Crippen molar-refractivity contribution in [3.05, 3.63) is 92.4 Å². The monoisotopic (exact) mass is 582 g/mol. The van der Waals surface area contributed by atoms with Gasteiger partial charge >= 0.3 is 6.18 Å². The van der Waals surface area contributed by atoms with Crippen molar-refractivity contribution in [2.45, 2.75) is 18.3 Å². The summed E-state index contributed by atoms with van der Waals surface area (Å²) in [6.45, 7) is -1.41. The van der Waals surface area contributed by atoms with Crippen LogP contribution in [0.5, 0.6) is 11.5 Å². The summed E-state index contributed by atoms with van der Waals surface area (Å²) in [4.78, 5) is 4.88. The summed E-state index contributed by atoms with van der Waals surface area (Å²) >= 11 is 6.90. The Labute approximate surface area is 206 Å². The highest BCUT2D eigenvalue weighted by Gasteiger charge is 2.34. The van der Waals surface area contributed by atoms with E-state index in [2.05, 4.69) is 37.2 Å². The first-order chi connectivity index (χ1) is 15.7. The van der Waals surface area contributed by atoms with Gasteiger partial charge in [0.05, 0.1) is 18.7 Å². The minimum Gasteiger partial charge on any atom is -0.497 e. The SMILES string of the molecule is COc1ccc(C2=N[C@@H](c3ccc(Br)cc3)[C@@H](c3ccc(Br)cc3)N2)c(OCC(F)(F)F)c1. The van der Waals surface area contributed by atoms with Crippen LogP contribution in [0.2, 0.25) is 0 Å². The second kappa shape index (κ2) is 9.77. The van der Waals surface area contributed by atoms with Crippen molar-refractivity contribution in [1.82, 2.24) is 5.32 Å². The summed E-state index contributed by atoms with van der Waals surface area (Å²) in [7, 11) is 1.45. The molecule has 1 aliphatic heterocycles. The number of ether oxygens (including phenoxy) is 2. The number of nitrogens with zero attached hydrogens (tertiary/aromatic N) is 1. The molecule has 9 heteroatoms. The van der Waals surface area contributed by atoms with E-state index in [4.69, 9.17) is 14.5 Å². The fourth-order valence-corrected chi connectivity index (χ4v) is 4.12. The molecule has 33 heavy (non-hydrogen) atoms. The molecule has 0 spiro atoms. The fraction of sp³-hybridized carbons (Fsp3) is 0.208. The predicted molar refractivity (Wildman–Crippen MR) is 128 cm³/mol. The van der Waals surface area contributed by atoms with Crippen LogP contribution in [0.1, 0.15) is 28.8 Å². The Balaban J connectivity index is 1.74. The minimum atomic E-state index is -4.47. The molecule has 2 atom stereocenters. The van der Waals surface area contributed by atoms with Gasteiger partial charge in [0, 0.05) is 15.0 Å². The quantitative estimate of drug-likeness (QED) is 0.340. The average Bonchev–Trinajstić information content (AvgIpc) is 3.23. The van der Waals surface area contributed by atoms with Gasteiger partial charge < -0.3 is 14.8 Å². The summed E-state index contributed by atoms with van der Waals surface area (Å²) in [5, 5.41) is 3.40. The van der Waals surface area contributed by atoms with Crippen molar-refractivity contribution < 1.29 is 22.6 Å². The molecule has 172 valence electrons. The zero-order chi connectivity index (χ0) is 23.6. The smallest absolute Gasteiger partial charge is 0.422 e. The Kier molecular flexibility index (Phi) is 6.99. The fourth-order valence-electron chi connectivity index (χ4n) is 3.59. The molecule has 1 heterocycles. The van der Waals surface area contributed by atoms with Crippen LogP contribution in [0.25, 0.3) is 0 Å². The van der Waals surface area contributed by atoms with Crippen LogP contribution in [0.3, 0.4) is 0 Å². The Morgan fingerprint density at radius 1 is 0.909 bits per heavy atom. The molecule has 0 saturated carbocycles. The second-order valence-electron chi connectivity index (χ2n) is 7.41. The first kappa shape index (κ1) is 23.6. The molecular weight excluding hydrogens is 565 g/mol. The topological polar surface area (TPSA) is 42.8 Å². The second-order valence-corrected chi connectivity index (χ2v) is 9.24. The van der Waals surface area contributed by atoms with Crippen LogP contribution in [0.4, 0.5) is 13.2 Å². The zero-order valence-corrected chi connectivity index (χ0v) is 20.5. The molecule has 0 aliphatic carbocycles. The van der Waals surface area contributed by atoms with E-state index in [0.717, 1.165) is 20.1 Å². The van der Waals surface area contributed by atoms with E-state index in [1.807, 2.05) is 48.5 Å². The van der Waals surface area contributed by atoms with Crippen molar-refractivity contribution in [1.29, 1.82) is 0 Å². The molecule has 3 aromatic rings. The van der Waals surface area contributed by atoms with Gasteiger partial charge in [-0.25, -0.2) is 0 Å². The Hall–Kier alpha value is -2.52. The van der Waals surface area contributed by atoms with Gasteiger partial charge in [0.15, 0.2) is 6.61 Å². The molecule has 3 aromatic carbocycles. The molecule has 0 fully saturated rings. The zero-order valence-electron chi connectivity index (χ0n) is 17.4. The third kappa shape index (κ3) is 5.70. The summed E-state index contributed by atoms with van der Waals surface area (Å²) in [5.41, 5.74) is 2.40. The van der Waals surface area contributed by atoms with Crippen LogP contribution in [-0.2, 0) is 0 Å². The average molecular weight is 584 g/mol. The van der Waals surface area contributed by atoms with E-state index in [1.165, 1.54) is 13.2 Å². The lowest BCUT2D eigenvalue weighted by molar-refractivity contribution is -0.153. The lowest BCUT2D eigenvalue weighted by Gasteiger charge is -2.20. The first-order valence-corrected chi connectivity index (χ1v) is 11.6. The maximum Gasteiger partial charge on any atom is 0.422 e. The molecule has 0 amide bonds. The van der Waals surface area contributed by atoms with E-state index >= 15 is 0 Å². The van der Waals surface area contributed by atoms with E-state index in [-0.39, 0.29) is 17.8 Å². The van der Waals surface area contributed by atoms with Crippen molar-refractivity contribution in [3.8, 4) is 11.5 Å². The Bertz CT molecular complexity index is 1150. The number of rotatable bonds is 6. The number of aliphatic imine (C=N–C) groups is 1. The molecule has 0 radical (unpaired) electrons. The van der Waals surface area contributed by atoms with Gasteiger partial charge in [-0.1, -0.05) is 56.1 Å². The van der Waals surface area contributed by atoms with Gasteiger partial charge in [-0.05, 0) is 47.5 Å². The van der Waals surface area contributed by atoms with Gasteiger partial charge in [-0.2, -0.15) is 13.2 Å². The lowest BCUT2D eigenvalue weighted by Crippen LogP contribution is -2.26. The predicted octanol–water partition coefficient (Wildman–Crippen LogP) is 6.99. The van der Waals surface area contributed by atoms with E-state index in [0.29, 0.717) is 17.1 Å². The Morgan fingerprint density at radius 2 is 1.52 bits per heavy atom. The van der Waals surface area contributed by atoms with Gasteiger partial charge in [0.1, 0.15) is 23.4 Å². The molecule has 0 aromatic heterocycles. The molecule has 1 N–H and O–H groups in total. The number of halogens is 5. The van der Waals surface area contributed by atoms with Gasteiger partial charge in [-0.15, -0.1) is 0 Å². The van der Waals surface area contributed by atoms with Gasteiger partial charge in [0.25, 0.3) is 0 Å². The highest BCUT2D eigenvalue weighted by atomic mass is 79.9. The lowest BCUT2D eigenvalue weighted by atomic mass is 9.95. The maximum atomic E-state index is 12.9. The number of nitrogens with one attached hydrogen (secondary N) is 1. The number of amidine groups is 1. The van der Waals surface area contributed by atoms with Crippen LogP contribution in [-0.4, -0.2) is 25.7 Å². The Morgan fingerprint density at radius 3 is 2.09 bits per heavy atom. The molecule has 1 aliphatic rings. The van der Waals surface area contributed by atoms with Gasteiger partial charge in [0.2, 0.25) is 0 Å². The van der Waals surface area contributed by atoms with Gasteiger partial charge in [-0.3, -0.25) is 4.99 Å². The highest BCUT2D eigenvalue weighted by molar-refractivity contribution is 9.10. The number of alkyl halides is 3. The normalized spacial score (nSPS) is 17.9. The van der Waals surface area contributed by atoms with Crippen LogP contribution >= 0.6 is 31.9 Å². The largest absolute Gasteiger partial charge is 0.497 e. The van der Waals surface area contributed by atoms with Crippen LogP contribution in [0.15, 0.2) is 80.7 Å². The summed E-state index contributed by atoms with van der Waals surface area (Å²) in [6.07, 6.45) is -4.47. The number of methoxy groups -OCH3 is 1. The minimum absolute atomic E-state index is 0.0453. The number of benzene rings is 3. The summed E-state index contributed by atoms with van der Waals surface area (Å²) in [6, 6.07) is 19.9. The molecule has 0 saturated heterocycles. The molecular formula is C24H19Br2F3N2O2. The molecule has 4 rings (SSSR count). The number of hydrogen-bond acceptors (Lipinski definition) is 4. The van der Waals surface area contributed by atoms with Crippen LogP contribution < -0.4 is 14.8 Å². The summed E-state index contributed by atoms with van der Waals surface area (Å²) < 4.78 is 50.8. The maximum absolute atomic E-state index is 12.9. The van der Waals surface area contributed by atoms with Crippen LogP contribution in [0, 0.1) is 0 Å². The number of hydrogen-bond donors (Lipinski definition) is 1. The first-order valence-electron chi connectivity index (χ1n) is 9.97. The standard InChI is InChI=1S/C24H19Br2F3N2O2/c1-32-18-10-11-19(20(12-18)33-13-24(27,28)29)23-30-21(14-2-6-16(25)7-3-14)22(31-23)15-4-8-17(26)9-5-15/h2-12,21-22H,13H2,1H3,(H,30,31)/t21-,22+. The van der Waals surface area contributed by atoms with Crippen molar-refractivity contribution in [2.24, 2.45) is 4.99 Å². The van der Waals surface area contributed by atoms with E-state index in [1.54, 1.807) is 12.1 Å². The van der Waals surface area contributed by atoms with Crippen molar-refractivity contribution in [2.75, 3.05) is 13.7 Å². The van der Waals surface area contributed by atoms with E-state index in [9.17, 15) is 13.2 Å². The molecule has 0 unspecified atom stereocenters. The third-order valence-corrected chi connectivity index (χ3v) is 6.21. The van der Waals surface area contributed by atoms with Crippen molar-refractivity contribution in [3.63, 3.8) is 0 Å². The third-order valence-electron chi connectivity index (χ3n) is 5.15. The molecule has 4 nitrogen and oxygen atoms in total. The highest BCUT2D eigenvalue weighted by Crippen LogP contribution is 2.39. The molecule has 0 bridgehead atoms. The van der Waals surface area contributed by atoms with Crippen molar-refractivity contribution >= 4 is 37.7 Å².